The van der Waals surface area contributed by atoms with Crippen molar-refractivity contribution in [1.29, 1.82) is 0 Å². The number of allylic oxidation sites excluding steroid dienone is 1. The van der Waals surface area contributed by atoms with E-state index in [9.17, 15) is 5.11 Å². The van der Waals surface area contributed by atoms with Crippen LogP contribution in [0.4, 0.5) is 0 Å². The largest absolute Gasteiger partial charge is 0.389 e. The fourth-order valence-corrected chi connectivity index (χ4v) is 4.10. The minimum Gasteiger partial charge on any atom is -0.389 e. The van der Waals surface area contributed by atoms with E-state index in [1.54, 1.807) is 0 Å². The SMILES string of the molecule is C#CCN1[C@H](/C=C/C2CC2)[C@H](Cc2ccccc2)O[C@@H]1[C@@H](O)Cc1ccccc1. The number of hydrogen-bond acceptors (Lipinski definition) is 3. The van der Waals surface area contributed by atoms with Crippen molar-refractivity contribution < 1.29 is 9.84 Å². The summed E-state index contributed by atoms with van der Waals surface area (Å²) in [6.07, 6.45) is 13.1. The van der Waals surface area contributed by atoms with Gasteiger partial charge < -0.3 is 9.84 Å². The monoisotopic (exact) mass is 387 g/mol. The lowest BCUT2D eigenvalue weighted by molar-refractivity contribution is -0.0768. The van der Waals surface area contributed by atoms with Crippen LogP contribution in [0.1, 0.15) is 24.0 Å². The zero-order chi connectivity index (χ0) is 20.1. The van der Waals surface area contributed by atoms with Crippen LogP contribution in [0.2, 0.25) is 0 Å². The van der Waals surface area contributed by atoms with Gasteiger partial charge in [0.1, 0.15) is 6.23 Å². The van der Waals surface area contributed by atoms with Crippen molar-refractivity contribution in [2.24, 2.45) is 5.92 Å². The molecule has 1 saturated heterocycles. The number of aliphatic hydroxyl groups excluding tert-OH is 1. The molecule has 2 aliphatic rings. The van der Waals surface area contributed by atoms with Crippen molar-refractivity contribution in [3.8, 4) is 12.3 Å². The topological polar surface area (TPSA) is 32.7 Å². The standard InChI is InChI=1S/C26H29NO2/c1-2-17-27-23(16-15-20-13-14-20)25(19-22-11-7-4-8-12-22)29-26(27)24(28)18-21-9-5-3-6-10-21/h1,3-12,15-16,20,23-26,28H,13-14,17-19H2/b16-15+/t23-,24+,25+,26-/m1/s1. The summed E-state index contributed by atoms with van der Waals surface area (Å²) < 4.78 is 6.46. The summed E-state index contributed by atoms with van der Waals surface area (Å²) >= 11 is 0. The molecule has 3 heteroatoms. The summed E-state index contributed by atoms with van der Waals surface area (Å²) in [6.45, 7) is 0.460. The molecule has 0 bridgehead atoms. The first-order valence-corrected chi connectivity index (χ1v) is 10.5. The van der Waals surface area contributed by atoms with Gasteiger partial charge in [-0.25, -0.2) is 0 Å². The minimum absolute atomic E-state index is 0.0313. The third-order valence-electron chi connectivity index (χ3n) is 5.78. The molecule has 0 amide bonds. The van der Waals surface area contributed by atoms with Crippen molar-refractivity contribution in [3.05, 3.63) is 83.9 Å². The second-order valence-electron chi connectivity index (χ2n) is 8.10. The molecule has 1 saturated carbocycles. The van der Waals surface area contributed by atoms with E-state index in [1.165, 1.54) is 18.4 Å². The van der Waals surface area contributed by atoms with Crippen molar-refractivity contribution in [2.45, 2.75) is 50.2 Å². The number of hydrogen-bond donors (Lipinski definition) is 1. The van der Waals surface area contributed by atoms with Crippen molar-refractivity contribution >= 4 is 0 Å². The molecule has 1 N–H and O–H groups in total. The Balaban J connectivity index is 1.55. The van der Waals surface area contributed by atoms with Crippen LogP contribution in [-0.2, 0) is 17.6 Å². The van der Waals surface area contributed by atoms with Gasteiger partial charge >= 0.3 is 0 Å². The Bertz CT molecular complexity index is 838. The normalized spacial score (nSPS) is 25.9. The number of rotatable bonds is 8. The molecule has 3 nitrogen and oxygen atoms in total. The van der Waals surface area contributed by atoms with Crippen LogP contribution < -0.4 is 0 Å². The Kier molecular flexibility index (Phi) is 6.46. The van der Waals surface area contributed by atoms with E-state index < -0.39 is 12.3 Å². The number of nitrogens with zero attached hydrogens (tertiary/aromatic N) is 1. The molecule has 0 spiro atoms. The zero-order valence-electron chi connectivity index (χ0n) is 16.7. The maximum atomic E-state index is 11.0. The predicted molar refractivity (Wildman–Crippen MR) is 116 cm³/mol. The van der Waals surface area contributed by atoms with Crippen LogP contribution in [0.25, 0.3) is 0 Å². The average molecular weight is 388 g/mol. The molecule has 1 aliphatic heterocycles. The molecular weight excluding hydrogens is 358 g/mol. The Morgan fingerprint density at radius 3 is 2.31 bits per heavy atom. The number of aliphatic hydroxyl groups is 1. The van der Waals surface area contributed by atoms with Crippen LogP contribution in [0.3, 0.4) is 0 Å². The van der Waals surface area contributed by atoms with Gasteiger partial charge in [0.15, 0.2) is 0 Å². The first-order valence-electron chi connectivity index (χ1n) is 10.5. The third kappa shape index (κ3) is 5.16. The van der Waals surface area contributed by atoms with E-state index in [0.717, 1.165) is 12.0 Å². The number of terminal acetylenes is 1. The smallest absolute Gasteiger partial charge is 0.138 e. The summed E-state index contributed by atoms with van der Waals surface area (Å²) in [7, 11) is 0. The molecule has 0 unspecified atom stereocenters. The second kappa shape index (κ2) is 9.41. The molecule has 0 radical (unpaired) electrons. The van der Waals surface area contributed by atoms with Crippen molar-refractivity contribution in [3.63, 3.8) is 0 Å². The molecule has 4 rings (SSSR count). The molecule has 150 valence electrons. The van der Waals surface area contributed by atoms with E-state index in [4.69, 9.17) is 11.2 Å². The van der Waals surface area contributed by atoms with Gasteiger partial charge in [-0.15, -0.1) is 6.42 Å². The zero-order valence-corrected chi connectivity index (χ0v) is 16.7. The highest BCUT2D eigenvalue weighted by molar-refractivity contribution is 5.20. The van der Waals surface area contributed by atoms with Gasteiger partial charge in [0.2, 0.25) is 0 Å². The van der Waals surface area contributed by atoms with Crippen LogP contribution in [0.5, 0.6) is 0 Å². The van der Waals surface area contributed by atoms with E-state index in [1.807, 2.05) is 36.4 Å². The van der Waals surface area contributed by atoms with Crippen LogP contribution in [0.15, 0.2) is 72.8 Å². The molecule has 1 heterocycles. The van der Waals surface area contributed by atoms with Crippen LogP contribution in [-0.4, -0.2) is 41.0 Å². The predicted octanol–water partition coefficient (Wildman–Crippen LogP) is 3.83. The van der Waals surface area contributed by atoms with E-state index in [-0.39, 0.29) is 12.1 Å². The quantitative estimate of drug-likeness (QED) is 0.552. The molecule has 2 aromatic carbocycles. The summed E-state index contributed by atoms with van der Waals surface area (Å²) in [5.41, 5.74) is 2.34. The fraction of sp³-hybridized carbons (Fsp3) is 0.385. The van der Waals surface area contributed by atoms with Gasteiger partial charge in [-0.3, -0.25) is 4.90 Å². The lowest BCUT2D eigenvalue weighted by Crippen LogP contribution is -2.44. The van der Waals surface area contributed by atoms with Crippen molar-refractivity contribution in [1.82, 2.24) is 4.90 Å². The Morgan fingerprint density at radius 1 is 1.03 bits per heavy atom. The van der Waals surface area contributed by atoms with Crippen molar-refractivity contribution in [2.75, 3.05) is 6.54 Å². The Morgan fingerprint density at radius 2 is 1.69 bits per heavy atom. The lowest BCUT2D eigenvalue weighted by atomic mass is 10.0. The molecule has 2 aromatic rings. The van der Waals surface area contributed by atoms with Gasteiger partial charge in [-0.05, 0) is 29.9 Å². The Hall–Kier alpha value is -2.38. The highest BCUT2D eigenvalue weighted by atomic mass is 16.5. The van der Waals surface area contributed by atoms with Gasteiger partial charge in [-0.2, -0.15) is 0 Å². The van der Waals surface area contributed by atoms with E-state index in [2.05, 4.69) is 47.2 Å². The molecule has 1 aliphatic carbocycles. The summed E-state index contributed by atoms with van der Waals surface area (Å²) in [6, 6.07) is 20.5. The molecule has 29 heavy (non-hydrogen) atoms. The first-order chi connectivity index (χ1) is 14.2. The summed E-state index contributed by atoms with van der Waals surface area (Å²) in [4.78, 5) is 2.15. The van der Waals surface area contributed by atoms with Gasteiger partial charge in [0.05, 0.1) is 24.8 Å². The van der Waals surface area contributed by atoms with E-state index in [0.29, 0.717) is 18.9 Å². The second-order valence-corrected chi connectivity index (χ2v) is 8.10. The van der Waals surface area contributed by atoms with Gasteiger partial charge in [-0.1, -0.05) is 78.7 Å². The molecule has 4 atom stereocenters. The highest BCUT2D eigenvalue weighted by Gasteiger charge is 2.43. The van der Waals surface area contributed by atoms with Crippen LogP contribution in [0, 0.1) is 18.3 Å². The number of benzene rings is 2. The van der Waals surface area contributed by atoms with Gasteiger partial charge in [0.25, 0.3) is 0 Å². The average Bonchev–Trinajstić information content (AvgIpc) is 3.51. The maximum Gasteiger partial charge on any atom is 0.138 e. The first kappa shape index (κ1) is 19.9. The third-order valence-corrected chi connectivity index (χ3v) is 5.78. The minimum atomic E-state index is -0.636. The van der Waals surface area contributed by atoms with Crippen LogP contribution >= 0.6 is 0 Å². The summed E-state index contributed by atoms with van der Waals surface area (Å²) in [5, 5.41) is 11.0. The lowest BCUT2D eigenvalue weighted by Gasteiger charge is -2.28. The number of ether oxygens (including phenoxy) is 1. The highest BCUT2D eigenvalue weighted by Crippen LogP contribution is 2.34. The molecule has 0 aromatic heterocycles. The molecular formula is C26H29NO2. The molecule has 2 fully saturated rings. The summed E-state index contributed by atoms with van der Waals surface area (Å²) in [5.74, 6) is 3.47. The van der Waals surface area contributed by atoms with Gasteiger partial charge in [0, 0.05) is 12.8 Å². The van der Waals surface area contributed by atoms with E-state index >= 15 is 0 Å². The fourth-order valence-electron chi connectivity index (χ4n) is 4.10. The maximum absolute atomic E-state index is 11.0. The Labute approximate surface area is 174 Å².